The number of methoxy groups -OCH3 is 1. The van der Waals surface area contributed by atoms with E-state index < -0.39 is 22.0 Å². The third kappa shape index (κ3) is 5.07. The molecular formula is C20H24N4O4S2. The summed E-state index contributed by atoms with van der Waals surface area (Å²) < 4.78 is 33.0. The maximum atomic E-state index is 12.8. The average Bonchev–Trinajstić information content (AvgIpc) is 3.34. The standard InChI is InChI=1S/C20H24N4O4S2/c1-12(2)19(24-30(26,27)15-8-6-14(28-4)7-9-15)20(25)21-18-11-16(22-23-18)17-10-5-13(3)29-17/h5-12,19,24H,1-4H3,(H2,21,22,23,25)/t19-/m0/s1. The van der Waals surface area contributed by atoms with Gasteiger partial charge in [-0.3, -0.25) is 9.89 Å². The van der Waals surface area contributed by atoms with Gasteiger partial charge in [-0.25, -0.2) is 8.42 Å². The summed E-state index contributed by atoms with van der Waals surface area (Å²) in [6.07, 6.45) is 0. The zero-order chi connectivity index (χ0) is 21.9. The molecule has 0 saturated heterocycles. The normalized spacial score (nSPS) is 12.7. The number of aryl methyl sites for hydroxylation is 1. The van der Waals surface area contributed by atoms with Gasteiger partial charge in [-0.15, -0.1) is 11.3 Å². The Labute approximate surface area is 179 Å². The molecule has 30 heavy (non-hydrogen) atoms. The Bertz CT molecular complexity index is 1120. The molecule has 0 saturated carbocycles. The second-order valence-electron chi connectivity index (χ2n) is 7.08. The molecule has 1 atom stereocenters. The summed E-state index contributed by atoms with van der Waals surface area (Å²) in [5.74, 6) is 0.108. The number of H-pyrrole nitrogens is 1. The summed E-state index contributed by atoms with van der Waals surface area (Å²) in [6.45, 7) is 5.55. The van der Waals surface area contributed by atoms with Crippen LogP contribution in [0.4, 0.5) is 5.82 Å². The number of amides is 1. The summed E-state index contributed by atoms with van der Waals surface area (Å²) in [5.41, 5.74) is 0.781. The lowest BCUT2D eigenvalue weighted by atomic mass is 10.1. The van der Waals surface area contributed by atoms with Crippen molar-refractivity contribution in [3.8, 4) is 16.3 Å². The van der Waals surface area contributed by atoms with Crippen LogP contribution in [0.3, 0.4) is 0 Å². The lowest BCUT2D eigenvalue weighted by Gasteiger charge is -2.21. The minimum absolute atomic E-state index is 0.0527. The van der Waals surface area contributed by atoms with Gasteiger partial charge >= 0.3 is 0 Å². The Morgan fingerprint density at radius 2 is 1.87 bits per heavy atom. The number of thiophene rings is 1. The van der Waals surface area contributed by atoms with Crippen LogP contribution in [0.1, 0.15) is 18.7 Å². The van der Waals surface area contributed by atoms with Crippen molar-refractivity contribution in [3.63, 3.8) is 0 Å². The van der Waals surface area contributed by atoms with Crippen LogP contribution < -0.4 is 14.8 Å². The van der Waals surface area contributed by atoms with Crippen molar-refractivity contribution in [1.82, 2.24) is 14.9 Å². The number of benzene rings is 1. The number of anilines is 1. The van der Waals surface area contributed by atoms with Gasteiger partial charge in [0.05, 0.1) is 22.6 Å². The van der Waals surface area contributed by atoms with Crippen LogP contribution in [0.2, 0.25) is 0 Å². The quantitative estimate of drug-likeness (QED) is 0.489. The molecule has 3 rings (SSSR count). The van der Waals surface area contributed by atoms with Gasteiger partial charge in [-0.2, -0.15) is 9.82 Å². The van der Waals surface area contributed by atoms with E-state index in [0.717, 1.165) is 15.4 Å². The molecule has 8 nitrogen and oxygen atoms in total. The number of sulfonamides is 1. The Balaban J connectivity index is 1.74. The highest BCUT2D eigenvalue weighted by molar-refractivity contribution is 7.89. The maximum absolute atomic E-state index is 12.8. The van der Waals surface area contributed by atoms with Crippen LogP contribution in [0.15, 0.2) is 47.4 Å². The summed E-state index contributed by atoms with van der Waals surface area (Å²) in [6, 6.07) is 10.7. The van der Waals surface area contributed by atoms with Gasteiger partial charge in [0.2, 0.25) is 15.9 Å². The largest absolute Gasteiger partial charge is 0.497 e. The lowest BCUT2D eigenvalue weighted by Crippen LogP contribution is -2.47. The minimum Gasteiger partial charge on any atom is -0.497 e. The summed E-state index contributed by atoms with van der Waals surface area (Å²) in [7, 11) is -2.39. The fourth-order valence-corrected chi connectivity index (χ4v) is 4.96. The summed E-state index contributed by atoms with van der Waals surface area (Å²) in [4.78, 5) is 15.0. The van der Waals surface area contributed by atoms with Gasteiger partial charge in [0.1, 0.15) is 11.8 Å². The molecule has 1 amide bonds. The molecule has 0 aliphatic rings. The van der Waals surface area contributed by atoms with Crippen LogP contribution in [0.25, 0.3) is 10.6 Å². The number of nitrogens with one attached hydrogen (secondary N) is 3. The van der Waals surface area contributed by atoms with Crippen molar-refractivity contribution in [2.24, 2.45) is 5.92 Å². The number of ether oxygens (including phenoxy) is 1. The van der Waals surface area contributed by atoms with E-state index in [9.17, 15) is 13.2 Å². The Kier molecular flexibility index (Phi) is 6.59. The van der Waals surface area contributed by atoms with Gasteiger partial charge in [0, 0.05) is 10.9 Å². The lowest BCUT2D eigenvalue weighted by molar-refractivity contribution is -0.118. The van der Waals surface area contributed by atoms with E-state index in [1.807, 2.05) is 19.1 Å². The molecule has 0 unspecified atom stereocenters. The first kappa shape index (κ1) is 22.0. The molecule has 0 spiro atoms. The van der Waals surface area contributed by atoms with E-state index in [4.69, 9.17) is 4.74 Å². The fourth-order valence-electron chi connectivity index (χ4n) is 2.78. The van der Waals surface area contributed by atoms with E-state index >= 15 is 0 Å². The van der Waals surface area contributed by atoms with Gasteiger partial charge < -0.3 is 10.1 Å². The van der Waals surface area contributed by atoms with Crippen LogP contribution >= 0.6 is 11.3 Å². The van der Waals surface area contributed by atoms with E-state index in [1.54, 1.807) is 43.4 Å². The van der Waals surface area contributed by atoms with Crippen LogP contribution in [0.5, 0.6) is 5.75 Å². The molecule has 2 aromatic heterocycles. The Morgan fingerprint density at radius 3 is 2.43 bits per heavy atom. The number of nitrogens with zero attached hydrogens (tertiary/aromatic N) is 1. The van der Waals surface area contributed by atoms with E-state index in [1.165, 1.54) is 19.2 Å². The topological polar surface area (TPSA) is 113 Å². The second kappa shape index (κ2) is 8.99. The summed E-state index contributed by atoms with van der Waals surface area (Å²) >= 11 is 1.61. The third-order valence-corrected chi connectivity index (χ3v) is 6.93. The number of rotatable bonds is 8. The van der Waals surface area contributed by atoms with Crippen LogP contribution in [-0.4, -0.2) is 37.7 Å². The first-order valence-corrected chi connectivity index (χ1v) is 11.6. The van der Waals surface area contributed by atoms with Gasteiger partial charge in [0.15, 0.2) is 5.82 Å². The fraction of sp³-hybridized carbons (Fsp3) is 0.300. The van der Waals surface area contributed by atoms with Gasteiger partial charge in [0.25, 0.3) is 0 Å². The number of aromatic nitrogens is 2. The van der Waals surface area contributed by atoms with Crippen molar-refractivity contribution in [2.75, 3.05) is 12.4 Å². The number of carbonyl (C=O) groups is 1. The molecule has 0 fully saturated rings. The Morgan fingerprint density at radius 1 is 1.17 bits per heavy atom. The van der Waals surface area contributed by atoms with Crippen molar-refractivity contribution in [3.05, 3.63) is 47.3 Å². The number of carbonyl (C=O) groups excluding carboxylic acids is 1. The highest BCUT2D eigenvalue weighted by Gasteiger charge is 2.29. The molecule has 0 aliphatic heterocycles. The number of hydrogen-bond acceptors (Lipinski definition) is 6. The highest BCUT2D eigenvalue weighted by Crippen LogP contribution is 2.27. The molecule has 2 heterocycles. The molecule has 160 valence electrons. The predicted octanol–water partition coefficient (Wildman–Crippen LogP) is 3.40. The highest BCUT2D eigenvalue weighted by atomic mass is 32.2. The van der Waals surface area contributed by atoms with Crippen LogP contribution in [0, 0.1) is 12.8 Å². The SMILES string of the molecule is COc1ccc(S(=O)(=O)N[C@H](C(=O)Nc2cc(-c3ccc(C)s3)[nH]n2)C(C)C)cc1. The van der Waals surface area contributed by atoms with Crippen molar-refractivity contribution >= 4 is 33.1 Å². The van der Waals surface area contributed by atoms with Crippen LogP contribution in [-0.2, 0) is 14.8 Å². The first-order valence-electron chi connectivity index (χ1n) is 9.29. The molecule has 1 aromatic carbocycles. The molecule has 3 N–H and O–H groups in total. The van der Waals surface area contributed by atoms with Crippen molar-refractivity contribution < 1.29 is 17.9 Å². The molecule has 0 bridgehead atoms. The molecule has 3 aromatic rings. The van der Waals surface area contributed by atoms with E-state index in [-0.39, 0.29) is 10.8 Å². The second-order valence-corrected chi connectivity index (χ2v) is 10.1. The van der Waals surface area contributed by atoms with E-state index in [0.29, 0.717) is 11.6 Å². The molecular weight excluding hydrogens is 424 g/mol. The smallest absolute Gasteiger partial charge is 0.244 e. The van der Waals surface area contributed by atoms with Crippen molar-refractivity contribution in [2.45, 2.75) is 31.7 Å². The monoisotopic (exact) mass is 448 g/mol. The summed E-state index contributed by atoms with van der Waals surface area (Å²) in [5, 5.41) is 9.69. The first-order chi connectivity index (χ1) is 14.2. The predicted molar refractivity (Wildman–Crippen MR) is 117 cm³/mol. The zero-order valence-electron chi connectivity index (χ0n) is 17.1. The molecule has 0 aliphatic carbocycles. The molecule has 0 radical (unpaired) electrons. The van der Waals surface area contributed by atoms with Gasteiger partial charge in [-0.05, 0) is 49.2 Å². The van der Waals surface area contributed by atoms with E-state index in [2.05, 4.69) is 20.2 Å². The van der Waals surface area contributed by atoms with Crippen molar-refractivity contribution in [1.29, 1.82) is 0 Å². The minimum atomic E-state index is -3.89. The molecule has 10 heteroatoms. The third-order valence-electron chi connectivity index (χ3n) is 4.44. The van der Waals surface area contributed by atoms with Gasteiger partial charge in [-0.1, -0.05) is 13.8 Å². The zero-order valence-corrected chi connectivity index (χ0v) is 18.7. The number of aromatic amines is 1. The average molecular weight is 449 g/mol. The Hall–Kier alpha value is -2.69. The number of hydrogen-bond donors (Lipinski definition) is 3. The maximum Gasteiger partial charge on any atom is 0.244 e.